The number of aromatic nitrogens is 4. The molecule has 0 atom stereocenters. The first-order valence-corrected chi connectivity index (χ1v) is 20.2. The molecule has 0 amide bonds. The Hall–Kier alpha value is -7.34. The fourth-order valence-corrected chi connectivity index (χ4v) is 10.6. The van der Waals surface area contributed by atoms with Crippen molar-refractivity contribution in [1.82, 2.24) is 19.1 Å². The Balaban J connectivity index is 1.18. The van der Waals surface area contributed by atoms with Crippen molar-refractivity contribution in [2.75, 3.05) is 0 Å². The van der Waals surface area contributed by atoms with Crippen LogP contribution >= 0.6 is 11.3 Å². The van der Waals surface area contributed by atoms with E-state index in [0.29, 0.717) is 5.82 Å². The van der Waals surface area contributed by atoms with Gasteiger partial charge < -0.3 is 4.57 Å². The quantitative estimate of drug-likeness (QED) is 0.181. The number of fused-ring (bicyclic) bond motifs is 14. The normalized spacial score (nSPS) is 12.2. The molecule has 0 unspecified atom stereocenters. The maximum atomic E-state index is 5.61. The number of benzene rings is 9. The second-order valence-corrected chi connectivity index (χ2v) is 16.0. The molecule has 4 aromatic heterocycles. The third kappa shape index (κ3) is 4.32. The molecule has 0 spiro atoms. The molecule has 5 heteroatoms. The van der Waals surface area contributed by atoms with Crippen LogP contribution in [-0.4, -0.2) is 19.1 Å². The van der Waals surface area contributed by atoms with Crippen molar-refractivity contribution in [2.45, 2.75) is 0 Å². The Morgan fingerprint density at radius 2 is 0.930 bits per heavy atom. The van der Waals surface area contributed by atoms with Gasteiger partial charge in [-0.3, -0.25) is 4.57 Å². The Kier molecular flexibility index (Phi) is 6.29. The van der Waals surface area contributed by atoms with Gasteiger partial charge in [-0.25, -0.2) is 9.97 Å². The third-order valence-electron chi connectivity index (χ3n) is 11.9. The van der Waals surface area contributed by atoms with Gasteiger partial charge in [0.25, 0.3) is 0 Å². The number of para-hydroxylation sites is 3. The molecule has 57 heavy (non-hydrogen) atoms. The van der Waals surface area contributed by atoms with E-state index in [1.54, 1.807) is 0 Å². The lowest BCUT2D eigenvalue weighted by atomic mass is 10.00. The summed E-state index contributed by atoms with van der Waals surface area (Å²) >= 11 is 1.82. The van der Waals surface area contributed by atoms with E-state index < -0.39 is 0 Å². The van der Waals surface area contributed by atoms with Gasteiger partial charge in [0, 0.05) is 58.4 Å². The van der Waals surface area contributed by atoms with E-state index in [2.05, 4.69) is 191 Å². The van der Waals surface area contributed by atoms with E-state index in [-0.39, 0.29) is 0 Å². The summed E-state index contributed by atoms with van der Waals surface area (Å²) in [6.07, 6.45) is 0. The van der Waals surface area contributed by atoms with Crippen LogP contribution in [0, 0.1) is 0 Å². The van der Waals surface area contributed by atoms with Crippen LogP contribution in [0.15, 0.2) is 182 Å². The average Bonchev–Trinajstić information content (AvgIpc) is 3.94. The van der Waals surface area contributed by atoms with Crippen LogP contribution in [0.25, 0.3) is 119 Å². The van der Waals surface area contributed by atoms with Crippen molar-refractivity contribution in [3.05, 3.63) is 182 Å². The van der Waals surface area contributed by atoms with Gasteiger partial charge in [0.1, 0.15) is 5.82 Å². The minimum absolute atomic E-state index is 0.709. The zero-order valence-corrected chi connectivity index (χ0v) is 31.3. The van der Waals surface area contributed by atoms with Gasteiger partial charge in [0.15, 0.2) is 5.82 Å². The zero-order valence-electron chi connectivity index (χ0n) is 30.5. The first-order valence-electron chi connectivity index (χ1n) is 19.3. The van der Waals surface area contributed by atoms with E-state index in [4.69, 9.17) is 9.97 Å². The minimum atomic E-state index is 0.709. The average molecular weight is 743 g/mol. The lowest BCUT2D eigenvalue weighted by Gasteiger charge is -2.15. The van der Waals surface area contributed by atoms with Crippen LogP contribution < -0.4 is 0 Å². The van der Waals surface area contributed by atoms with Crippen molar-refractivity contribution in [1.29, 1.82) is 0 Å². The monoisotopic (exact) mass is 742 g/mol. The summed E-state index contributed by atoms with van der Waals surface area (Å²) in [5, 5.41) is 13.4. The summed E-state index contributed by atoms with van der Waals surface area (Å²) < 4.78 is 7.22. The summed E-state index contributed by atoms with van der Waals surface area (Å²) in [4.78, 5) is 11.0. The highest BCUT2D eigenvalue weighted by Crippen LogP contribution is 2.45. The third-order valence-corrected chi connectivity index (χ3v) is 13.1. The first kappa shape index (κ1) is 30.9. The van der Waals surface area contributed by atoms with E-state index >= 15 is 0 Å². The molecule has 0 aliphatic rings. The van der Waals surface area contributed by atoms with Crippen molar-refractivity contribution < 1.29 is 0 Å². The minimum Gasteiger partial charge on any atom is -0.309 e. The highest BCUT2D eigenvalue weighted by Gasteiger charge is 2.23. The van der Waals surface area contributed by atoms with Gasteiger partial charge in [-0.05, 0) is 76.1 Å². The summed E-state index contributed by atoms with van der Waals surface area (Å²) in [5.41, 5.74) is 7.62. The number of hydrogen-bond donors (Lipinski definition) is 0. The number of thiophene rings is 1. The Morgan fingerprint density at radius 3 is 1.60 bits per heavy atom. The summed E-state index contributed by atoms with van der Waals surface area (Å²) in [5.74, 6) is 1.59. The predicted molar refractivity (Wildman–Crippen MR) is 242 cm³/mol. The molecule has 0 bridgehead atoms. The molecule has 13 aromatic rings. The molecule has 0 saturated heterocycles. The summed E-state index contributed by atoms with van der Waals surface area (Å²) in [6, 6.07) is 65.9. The zero-order chi connectivity index (χ0) is 37.2. The van der Waals surface area contributed by atoms with E-state index in [1.807, 2.05) is 11.3 Å². The smallest absolute Gasteiger partial charge is 0.163 e. The molecule has 13 rings (SSSR count). The van der Waals surface area contributed by atoms with Gasteiger partial charge in [0.2, 0.25) is 0 Å². The largest absolute Gasteiger partial charge is 0.309 e. The van der Waals surface area contributed by atoms with Gasteiger partial charge in [-0.2, -0.15) is 0 Å². The van der Waals surface area contributed by atoms with Crippen LogP contribution in [0.5, 0.6) is 0 Å². The fourth-order valence-electron chi connectivity index (χ4n) is 9.43. The molecule has 4 heterocycles. The summed E-state index contributed by atoms with van der Waals surface area (Å²) in [7, 11) is 0. The predicted octanol–water partition coefficient (Wildman–Crippen LogP) is 14.2. The topological polar surface area (TPSA) is 35.6 Å². The van der Waals surface area contributed by atoms with Crippen LogP contribution in [0.2, 0.25) is 0 Å². The van der Waals surface area contributed by atoms with E-state index in [1.165, 1.54) is 74.3 Å². The standard InChI is InChI=1S/C52H30N4S/c1-3-15-34-31(13-1)25-27-45-48(34)49-35-16-4-2-14-32(35)26-28-46(49)55(45)33-29-40-38-19-8-12-24-47(38)57-50(40)41(30-33)51-53-42-21-9-5-20-39(42)52(54-51)56-43-22-10-6-17-36(43)37-18-7-11-23-44(37)56/h1-30H. The molecule has 9 aromatic carbocycles. The maximum absolute atomic E-state index is 5.61. The molecule has 4 nitrogen and oxygen atoms in total. The second-order valence-electron chi connectivity index (χ2n) is 14.9. The Labute approximate surface area is 330 Å². The molecule has 0 aliphatic carbocycles. The van der Waals surface area contributed by atoms with Crippen LogP contribution in [0.4, 0.5) is 0 Å². The van der Waals surface area contributed by atoms with E-state index in [9.17, 15) is 0 Å². The van der Waals surface area contributed by atoms with Gasteiger partial charge in [0.05, 0.1) is 27.6 Å². The molecule has 0 aliphatic heterocycles. The lowest BCUT2D eigenvalue weighted by Crippen LogP contribution is -2.03. The molecule has 0 radical (unpaired) electrons. The lowest BCUT2D eigenvalue weighted by molar-refractivity contribution is 1.08. The molecule has 0 fully saturated rings. The molecular weight excluding hydrogens is 713 g/mol. The molecular formula is C52H30N4S. The van der Waals surface area contributed by atoms with Gasteiger partial charge >= 0.3 is 0 Å². The van der Waals surface area contributed by atoms with Gasteiger partial charge in [-0.15, -0.1) is 11.3 Å². The highest BCUT2D eigenvalue weighted by molar-refractivity contribution is 7.26. The molecule has 264 valence electrons. The first-order chi connectivity index (χ1) is 28.3. The van der Waals surface area contributed by atoms with Crippen LogP contribution in [0.3, 0.4) is 0 Å². The van der Waals surface area contributed by atoms with Crippen LogP contribution in [0.1, 0.15) is 0 Å². The molecule has 0 N–H and O–H groups in total. The maximum Gasteiger partial charge on any atom is 0.163 e. The van der Waals surface area contributed by atoms with Crippen LogP contribution in [-0.2, 0) is 0 Å². The molecule has 0 saturated carbocycles. The number of hydrogen-bond acceptors (Lipinski definition) is 3. The SMILES string of the molecule is c1ccc2c(c1)ccc1c2c2c3ccccc3ccc2n1-c1cc(-c2nc(-n3c4ccccc4c4ccccc43)c3ccccc3n2)c2sc3ccccc3c2c1. The second kappa shape index (κ2) is 11.6. The van der Waals surface area contributed by atoms with Crippen molar-refractivity contribution in [3.8, 4) is 22.9 Å². The van der Waals surface area contributed by atoms with Crippen molar-refractivity contribution in [2.24, 2.45) is 0 Å². The van der Waals surface area contributed by atoms with Crippen molar-refractivity contribution >= 4 is 108 Å². The van der Waals surface area contributed by atoms with Crippen molar-refractivity contribution in [3.63, 3.8) is 0 Å². The highest BCUT2D eigenvalue weighted by atomic mass is 32.1. The fraction of sp³-hybridized carbons (Fsp3) is 0. The Bertz CT molecular complexity index is 3680. The number of rotatable bonds is 3. The number of nitrogens with zero attached hydrogens (tertiary/aromatic N) is 4. The Morgan fingerprint density at radius 1 is 0.386 bits per heavy atom. The summed E-state index contributed by atoms with van der Waals surface area (Å²) in [6.45, 7) is 0. The van der Waals surface area contributed by atoms with Gasteiger partial charge in [-0.1, -0.05) is 127 Å². The van der Waals surface area contributed by atoms with E-state index in [0.717, 1.165) is 39.0 Å².